The van der Waals surface area contributed by atoms with Crippen LogP contribution >= 0.6 is 0 Å². The highest BCUT2D eigenvalue weighted by molar-refractivity contribution is 5.83. The molecule has 0 bridgehead atoms. The van der Waals surface area contributed by atoms with Crippen molar-refractivity contribution in [3.8, 4) is 11.3 Å². The van der Waals surface area contributed by atoms with Gasteiger partial charge in [-0.2, -0.15) is 0 Å². The molecular formula is C16H13FN2. The number of nitrogens with zero attached hydrogens (tertiary/aromatic N) is 2. The zero-order valence-electron chi connectivity index (χ0n) is 10.6. The summed E-state index contributed by atoms with van der Waals surface area (Å²) in [6.07, 6.45) is 4.40. The number of hydrogen-bond donors (Lipinski definition) is 0. The molecule has 1 aromatic carbocycles. The first kappa shape index (κ1) is 11.8. The van der Waals surface area contributed by atoms with E-state index in [1.54, 1.807) is 18.5 Å². The van der Waals surface area contributed by atoms with Crippen LogP contribution in [0.1, 0.15) is 12.5 Å². The molecule has 0 atom stereocenters. The molecule has 2 aromatic heterocycles. The Morgan fingerprint density at radius 3 is 2.79 bits per heavy atom. The summed E-state index contributed by atoms with van der Waals surface area (Å²) in [7, 11) is 0. The number of pyridine rings is 2. The van der Waals surface area contributed by atoms with Gasteiger partial charge in [0.2, 0.25) is 0 Å². The van der Waals surface area contributed by atoms with Gasteiger partial charge in [0.15, 0.2) is 0 Å². The maximum absolute atomic E-state index is 13.3. The van der Waals surface area contributed by atoms with Gasteiger partial charge in [-0.1, -0.05) is 6.92 Å². The molecule has 0 aliphatic heterocycles. The SMILES string of the molecule is CCc1cc2ccc(F)cc2nc1-c1cccnc1. The Hall–Kier alpha value is -2.29. The van der Waals surface area contributed by atoms with E-state index in [2.05, 4.69) is 23.0 Å². The third-order valence-corrected chi connectivity index (χ3v) is 3.17. The van der Waals surface area contributed by atoms with Gasteiger partial charge in [0.1, 0.15) is 5.82 Å². The lowest BCUT2D eigenvalue weighted by atomic mass is 10.0. The van der Waals surface area contributed by atoms with Crippen LogP contribution in [0.4, 0.5) is 4.39 Å². The summed E-state index contributed by atoms with van der Waals surface area (Å²) in [6, 6.07) is 10.6. The molecule has 19 heavy (non-hydrogen) atoms. The molecule has 0 fully saturated rings. The van der Waals surface area contributed by atoms with Crippen molar-refractivity contribution >= 4 is 10.9 Å². The summed E-state index contributed by atoms with van der Waals surface area (Å²) < 4.78 is 13.3. The molecule has 0 amide bonds. The molecule has 2 nitrogen and oxygen atoms in total. The lowest BCUT2D eigenvalue weighted by Crippen LogP contribution is -1.94. The van der Waals surface area contributed by atoms with Gasteiger partial charge >= 0.3 is 0 Å². The Bertz CT molecular complexity index is 723. The number of aryl methyl sites for hydroxylation is 1. The van der Waals surface area contributed by atoms with Gasteiger partial charge in [-0.15, -0.1) is 0 Å². The lowest BCUT2D eigenvalue weighted by Gasteiger charge is -2.09. The maximum Gasteiger partial charge on any atom is 0.125 e. The second-order valence-corrected chi connectivity index (χ2v) is 4.43. The fourth-order valence-corrected chi connectivity index (χ4v) is 2.21. The minimum atomic E-state index is -0.263. The van der Waals surface area contributed by atoms with E-state index in [9.17, 15) is 4.39 Å². The fraction of sp³-hybridized carbons (Fsp3) is 0.125. The van der Waals surface area contributed by atoms with Gasteiger partial charge in [-0.3, -0.25) is 4.98 Å². The highest BCUT2D eigenvalue weighted by atomic mass is 19.1. The Morgan fingerprint density at radius 2 is 2.05 bits per heavy atom. The molecular weight excluding hydrogens is 239 g/mol. The van der Waals surface area contributed by atoms with E-state index in [4.69, 9.17) is 0 Å². The van der Waals surface area contributed by atoms with Gasteiger partial charge in [-0.25, -0.2) is 9.37 Å². The van der Waals surface area contributed by atoms with Gasteiger partial charge in [0.25, 0.3) is 0 Å². The second-order valence-electron chi connectivity index (χ2n) is 4.43. The zero-order chi connectivity index (χ0) is 13.2. The molecule has 0 saturated carbocycles. The summed E-state index contributed by atoms with van der Waals surface area (Å²) in [5.74, 6) is -0.263. The first-order valence-electron chi connectivity index (χ1n) is 6.27. The molecule has 94 valence electrons. The van der Waals surface area contributed by atoms with Crippen LogP contribution < -0.4 is 0 Å². The smallest absolute Gasteiger partial charge is 0.125 e. The third kappa shape index (κ3) is 2.19. The van der Waals surface area contributed by atoms with E-state index >= 15 is 0 Å². The standard InChI is InChI=1S/C16H13FN2/c1-2-11-8-12-5-6-14(17)9-15(12)19-16(11)13-4-3-7-18-10-13/h3-10H,2H2,1H3. The van der Waals surface area contributed by atoms with Gasteiger partial charge < -0.3 is 0 Å². The van der Waals surface area contributed by atoms with E-state index in [1.165, 1.54) is 12.1 Å². The van der Waals surface area contributed by atoms with Crippen LogP contribution in [0.25, 0.3) is 22.2 Å². The van der Waals surface area contributed by atoms with Crippen molar-refractivity contribution in [2.45, 2.75) is 13.3 Å². The van der Waals surface area contributed by atoms with Crippen molar-refractivity contribution in [1.82, 2.24) is 9.97 Å². The van der Waals surface area contributed by atoms with E-state index in [-0.39, 0.29) is 5.82 Å². The van der Waals surface area contributed by atoms with Crippen LogP contribution in [0, 0.1) is 5.82 Å². The number of fused-ring (bicyclic) bond motifs is 1. The number of halogens is 1. The van der Waals surface area contributed by atoms with E-state index in [0.29, 0.717) is 5.52 Å². The minimum Gasteiger partial charge on any atom is -0.264 e. The molecule has 3 rings (SSSR count). The normalized spacial score (nSPS) is 10.8. The molecule has 0 aliphatic rings. The van der Waals surface area contributed by atoms with Crippen LogP contribution in [-0.4, -0.2) is 9.97 Å². The number of rotatable bonds is 2. The number of benzene rings is 1. The fourth-order valence-electron chi connectivity index (χ4n) is 2.21. The summed E-state index contributed by atoms with van der Waals surface area (Å²) in [6.45, 7) is 2.09. The average Bonchev–Trinajstić information content (AvgIpc) is 2.46. The van der Waals surface area contributed by atoms with Crippen LogP contribution in [0.3, 0.4) is 0 Å². The maximum atomic E-state index is 13.3. The third-order valence-electron chi connectivity index (χ3n) is 3.17. The Labute approximate surface area is 111 Å². The lowest BCUT2D eigenvalue weighted by molar-refractivity contribution is 0.629. The second kappa shape index (κ2) is 4.76. The van der Waals surface area contributed by atoms with E-state index in [0.717, 1.165) is 28.6 Å². The van der Waals surface area contributed by atoms with Crippen molar-refractivity contribution in [2.24, 2.45) is 0 Å². The summed E-state index contributed by atoms with van der Waals surface area (Å²) in [4.78, 5) is 8.72. The summed E-state index contributed by atoms with van der Waals surface area (Å²) in [5.41, 5.74) is 3.67. The van der Waals surface area contributed by atoms with Crippen LogP contribution in [0.5, 0.6) is 0 Å². The molecule has 2 heterocycles. The first-order chi connectivity index (χ1) is 9.28. The molecule has 0 radical (unpaired) electrons. The summed E-state index contributed by atoms with van der Waals surface area (Å²) >= 11 is 0. The van der Waals surface area contributed by atoms with Crippen molar-refractivity contribution in [3.63, 3.8) is 0 Å². The number of aromatic nitrogens is 2. The zero-order valence-corrected chi connectivity index (χ0v) is 10.6. The Kier molecular flexibility index (Phi) is 2.95. The minimum absolute atomic E-state index is 0.263. The van der Waals surface area contributed by atoms with Gasteiger partial charge in [0, 0.05) is 29.4 Å². The number of hydrogen-bond acceptors (Lipinski definition) is 2. The molecule has 0 saturated heterocycles. The van der Waals surface area contributed by atoms with Crippen LogP contribution in [0.2, 0.25) is 0 Å². The highest BCUT2D eigenvalue weighted by Gasteiger charge is 2.08. The first-order valence-corrected chi connectivity index (χ1v) is 6.27. The quantitative estimate of drug-likeness (QED) is 0.689. The predicted molar refractivity (Wildman–Crippen MR) is 74.3 cm³/mol. The van der Waals surface area contributed by atoms with Crippen molar-refractivity contribution in [3.05, 3.63) is 60.2 Å². The van der Waals surface area contributed by atoms with Crippen molar-refractivity contribution in [1.29, 1.82) is 0 Å². The van der Waals surface area contributed by atoms with Gasteiger partial charge in [0.05, 0.1) is 11.2 Å². The Balaban J connectivity index is 2.28. The van der Waals surface area contributed by atoms with Crippen molar-refractivity contribution in [2.75, 3.05) is 0 Å². The summed E-state index contributed by atoms with van der Waals surface area (Å²) in [5, 5.41) is 0.964. The predicted octanol–water partition coefficient (Wildman–Crippen LogP) is 4.00. The molecule has 0 spiro atoms. The topological polar surface area (TPSA) is 25.8 Å². The van der Waals surface area contributed by atoms with Crippen molar-refractivity contribution < 1.29 is 4.39 Å². The average molecular weight is 252 g/mol. The van der Waals surface area contributed by atoms with Crippen LogP contribution in [-0.2, 0) is 6.42 Å². The molecule has 3 heteroatoms. The molecule has 3 aromatic rings. The van der Waals surface area contributed by atoms with Gasteiger partial charge in [-0.05, 0) is 42.3 Å². The Morgan fingerprint density at radius 1 is 1.16 bits per heavy atom. The monoisotopic (exact) mass is 252 g/mol. The van der Waals surface area contributed by atoms with E-state index in [1.807, 2.05) is 12.1 Å². The molecule has 0 unspecified atom stereocenters. The largest absolute Gasteiger partial charge is 0.264 e. The highest BCUT2D eigenvalue weighted by Crippen LogP contribution is 2.25. The molecule has 0 aliphatic carbocycles. The van der Waals surface area contributed by atoms with Crippen LogP contribution in [0.15, 0.2) is 48.8 Å². The molecule has 0 N–H and O–H groups in total. The van der Waals surface area contributed by atoms with E-state index < -0.39 is 0 Å².